The van der Waals surface area contributed by atoms with Crippen LogP contribution in [0.3, 0.4) is 0 Å². The van der Waals surface area contributed by atoms with Gasteiger partial charge in [-0.05, 0) is 56.6 Å². The molecule has 262 valence electrons. The molecule has 2 aliphatic rings. The molecule has 2 aromatic carbocycles. The first kappa shape index (κ1) is 38.2. The van der Waals surface area contributed by atoms with Crippen molar-refractivity contribution in [2.75, 3.05) is 19.6 Å². The number of carboxylic acid groups (broad SMARTS) is 2. The van der Waals surface area contributed by atoms with Crippen LogP contribution in [-0.2, 0) is 36.1 Å². The lowest BCUT2D eigenvalue weighted by Crippen LogP contribution is -2.53. The molecular weight excluding hydrogens is 637 g/mol. The van der Waals surface area contributed by atoms with Crippen LogP contribution < -0.4 is 22.3 Å². The Morgan fingerprint density at radius 3 is 1.92 bits per heavy atom. The van der Waals surface area contributed by atoms with E-state index in [1.807, 2.05) is 60.7 Å². The molecule has 0 bridgehead atoms. The van der Waals surface area contributed by atoms with E-state index in [9.17, 15) is 28.8 Å². The lowest BCUT2D eigenvalue weighted by molar-refractivity contribution is -0.152. The number of amides is 2. The Bertz CT molecular complexity index is 1410. The van der Waals surface area contributed by atoms with E-state index in [1.165, 1.54) is 4.90 Å². The van der Waals surface area contributed by atoms with E-state index >= 15 is 0 Å². The number of carbonyl (C=O) groups is 4. The number of nitrogens with two attached hydrogens (primary N) is 3. The Labute approximate surface area is 281 Å². The number of rotatable bonds is 14. The molecule has 15 heteroatoms. The summed E-state index contributed by atoms with van der Waals surface area (Å²) in [4.78, 5) is 55.2. The first-order valence-electron chi connectivity index (χ1n) is 16.1. The van der Waals surface area contributed by atoms with Gasteiger partial charge in [0.15, 0.2) is 13.3 Å². The van der Waals surface area contributed by atoms with Gasteiger partial charge in [-0.3, -0.25) is 24.5 Å². The molecule has 0 unspecified atom stereocenters. The molecule has 2 heterocycles. The van der Waals surface area contributed by atoms with Crippen molar-refractivity contribution in [3.8, 4) is 0 Å². The molecule has 0 aromatic heterocycles. The topological polar surface area (TPSA) is 235 Å². The van der Waals surface area contributed by atoms with Crippen molar-refractivity contribution < 1.29 is 34.0 Å². The third-order valence-electron chi connectivity index (χ3n) is 8.29. The Kier molecular flexibility index (Phi) is 14.6. The van der Waals surface area contributed by atoms with Crippen molar-refractivity contribution in [3.63, 3.8) is 0 Å². The maximum absolute atomic E-state index is 14.2. The van der Waals surface area contributed by atoms with E-state index in [-0.39, 0.29) is 17.8 Å². The van der Waals surface area contributed by atoms with E-state index in [0.717, 1.165) is 11.1 Å². The van der Waals surface area contributed by atoms with Gasteiger partial charge in [-0.1, -0.05) is 60.7 Å². The van der Waals surface area contributed by atoms with Crippen LogP contribution in [-0.4, -0.2) is 93.5 Å². The predicted molar refractivity (Wildman–Crippen MR) is 183 cm³/mol. The number of benzene rings is 2. The van der Waals surface area contributed by atoms with Crippen LogP contribution in [0.25, 0.3) is 0 Å². The molecule has 2 saturated heterocycles. The Morgan fingerprint density at radius 1 is 0.896 bits per heavy atom. The van der Waals surface area contributed by atoms with Gasteiger partial charge in [0.1, 0.15) is 18.1 Å². The quantitative estimate of drug-likeness (QED) is 0.0730. The number of aliphatic imine (C=N–C) groups is 1. The number of guanidine groups is 1. The van der Waals surface area contributed by atoms with Gasteiger partial charge in [0.25, 0.3) is 0 Å². The van der Waals surface area contributed by atoms with Gasteiger partial charge in [0.05, 0.1) is 6.04 Å². The van der Waals surface area contributed by atoms with Crippen LogP contribution in [0.1, 0.15) is 56.6 Å². The zero-order valence-corrected chi connectivity index (χ0v) is 28.2. The summed E-state index contributed by atoms with van der Waals surface area (Å²) >= 11 is 0. The van der Waals surface area contributed by atoms with Crippen molar-refractivity contribution in [3.05, 3.63) is 71.8 Å². The minimum absolute atomic E-state index is 0.0129. The molecule has 4 rings (SSSR count). The zero-order chi connectivity index (χ0) is 35.3. The predicted octanol–water partition coefficient (Wildman–Crippen LogP) is 2.16. The van der Waals surface area contributed by atoms with E-state index in [2.05, 4.69) is 10.1 Å². The number of hydrogen-bond donors (Lipinski definition) is 6. The minimum atomic E-state index is -3.07. The van der Waals surface area contributed by atoms with Crippen LogP contribution in [0.5, 0.6) is 0 Å². The third-order valence-corrected chi connectivity index (χ3v) is 10.9. The molecule has 0 saturated carbocycles. The normalized spacial score (nSPS) is 18.7. The molecule has 2 amide bonds. The summed E-state index contributed by atoms with van der Waals surface area (Å²) in [5, 5.41) is 21.0. The minimum Gasteiger partial charge on any atom is -0.480 e. The maximum atomic E-state index is 14.2. The monoisotopic (exact) mass is 685 g/mol. The standard InChI is InChI=1S/C27H34N3O5P.C6H14N4O2/c1-20(25(31)29-16-8-14-23(29)26(32)30-17-9-15-24(30)27(33)34)28-36(35,18-21-10-4-2-5-11-21)19-22-12-6-3-7-13-22;7-4(5(11)12)2-1-3-10-6(8)9/h2-7,10-13,20,23-24H,8-9,14-19H2,1H3,(H,28,35)(H,33,34);4H,1-3,7H2,(H,11,12)(H4,8,9,10)/t20-,23-,24+;4-/m00/s1. The van der Waals surface area contributed by atoms with Gasteiger partial charge < -0.3 is 41.8 Å². The number of nitrogens with one attached hydrogen (secondary N) is 1. The van der Waals surface area contributed by atoms with E-state index in [0.29, 0.717) is 70.5 Å². The fourth-order valence-corrected chi connectivity index (χ4v) is 8.68. The van der Waals surface area contributed by atoms with E-state index in [1.54, 1.807) is 11.8 Å². The Hall–Kier alpha value is -4.26. The summed E-state index contributed by atoms with van der Waals surface area (Å²) in [6.45, 7) is 2.93. The van der Waals surface area contributed by atoms with Gasteiger partial charge in [-0.15, -0.1) is 0 Å². The maximum Gasteiger partial charge on any atom is 0.326 e. The number of likely N-dealkylation sites (tertiary alicyclic amines) is 2. The zero-order valence-electron chi connectivity index (χ0n) is 27.3. The molecule has 14 nitrogen and oxygen atoms in total. The molecule has 2 aromatic rings. The number of nitrogens with zero attached hydrogens (tertiary/aromatic N) is 3. The van der Waals surface area contributed by atoms with Crippen molar-refractivity contribution in [2.24, 2.45) is 22.2 Å². The van der Waals surface area contributed by atoms with E-state index < -0.39 is 43.4 Å². The van der Waals surface area contributed by atoms with Crippen LogP contribution >= 0.6 is 7.29 Å². The van der Waals surface area contributed by atoms with Gasteiger partial charge in [0, 0.05) is 32.0 Å². The summed E-state index contributed by atoms with van der Waals surface area (Å²) < 4.78 is 14.2. The third kappa shape index (κ3) is 11.5. The molecule has 2 fully saturated rings. The molecule has 4 atom stereocenters. The summed E-state index contributed by atoms with van der Waals surface area (Å²) in [7, 11) is -3.07. The molecule has 0 spiro atoms. The summed E-state index contributed by atoms with van der Waals surface area (Å²) in [5.74, 6) is -2.57. The highest BCUT2D eigenvalue weighted by atomic mass is 31.2. The highest BCUT2D eigenvalue weighted by Crippen LogP contribution is 2.49. The molecule has 48 heavy (non-hydrogen) atoms. The molecule has 2 aliphatic heterocycles. The largest absolute Gasteiger partial charge is 0.480 e. The van der Waals surface area contributed by atoms with Crippen molar-refractivity contribution in [2.45, 2.75) is 81.9 Å². The fourth-order valence-electron chi connectivity index (χ4n) is 5.97. The molecule has 0 aliphatic carbocycles. The number of hydrogen-bond acceptors (Lipinski definition) is 7. The Balaban J connectivity index is 0.000000444. The fraction of sp³-hybridized carbons (Fsp3) is 0.485. The highest BCUT2D eigenvalue weighted by molar-refractivity contribution is 7.60. The highest BCUT2D eigenvalue weighted by Gasteiger charge is 2.43. The summed E-state index contributed by atoms with van der Waals surface area (Å²) in [6, 6.07) is 16.0. The molecular formula is C33H48N7O7P. The molecule has 0 radical (unpaired) electrons. The van der Waals surface area contributed by atoms with Gasteiger partial charge in [0.2, 0.25) is 11.8 Å². The average Bonchev–Trinajstić information content (AvgIpc) is 3.74. The smallest absolute Gasteiger partial charge is 0.326 e. The summed E-state index contributed by atoms with van der Waals surface area (Å²) in [6.07, 6.45) is 3.81. The van der Waals surface area contributed by atoms with Crippen LogP contribution in [0.4, 0.5) is 0 Å². The van der Waals surface area contributed by atoms with Crippen molar-refractivity contribution >= 4 is 37.0 Å². The van der Waals surface area contributed by atoms with E-state index in [4.69, 9.17) is 22.3 Å². The second kappa shape index (κ2) is 18.3. The summed E-state index contributed by atoms with van der Waals surface area (Å²) in [5.41, 5.74) is 17.2. The van der Waals surface area contributed by atoms with Crippen LogP contribution in [0.2, 0.25) is 0 Å². The lowest BCUT2D eigenvalue weighted by Gasteiger charge is -2.32. The van der Waals surface area contributed by atoms with Crippen molar-refractivity contribution in [1.29, 1.82) is 0 Å². The number of carboxylic acids is 2. The van der Waals surface area contributed by atoms with Crippen LogP contribution in [0.15, 0.2) is 65.7 Å². The Morgan fingerprint density at radius 2 is 1.42 bits per heavy atom. The number of carbonyl (C=O) groups excluding carboxylic acids is 2. The average molecular weight is 686 g/mol. The lowest BCUT2D eigenvalue weighted by atomic mass is 10.1. The number of aliphatic carboxylic acids is 2. The second-order valence-corrected chi connectivity index (χ2v) is 14.8. The van der Waals surface area contributed by atoms with Crippen LogP contribution in [0, 0.1) is 0 Å². The van der Waals surface area contributed by atoms with Gasteiger partial charge in [-0.25, -0.2) is 4.79 Å². The van der Waals surface area contributed by atoms with Gasteiger partial charge >= 0.3 is 11.9 Å². The van der Waals surface area contributed by atoms with Gasteiger partial charge in [-0.2, -0.15) is 0 Å². The first-order valence-corrected chi connectivity index (χ1v) is 18.2. The molecule has 9 N–H and O–H groups in total. The second-order valence-electron chi connectivity index (χ2n) is 12.1. The first-order chi connectivity index (χ1) is 22.8. The SMILES string of the molecule is C[C@H](NP(=O)(Cc1ccccc1)Cc1ccccc1)C(=O)N1CCC[C@H]1C(=O)N1CCC[C@@H]1C(=O)O.NC(N)=NCCC[C@H](N)C(=O)O. The van der Waals surface area contributed by atoms with Crippen molar-refractivity contribution in [1.82, 2.24) is 14.9 Å².